The fourth-order valence-corrected chi connectivity index (χ4v) is 3.27. The van der Waals surface area contributed by atoms with Crippen molar-refractivity contribution in [2.45, 2.75) is 64.2 Å². The van der Waals surface area contributed by atoms with Crippen molar-refractivity contribution in [2.24, 2.45) is 0 Å². The van der Waals surface area contributed by atoms with E-state index in [1.807, 2.05) is 12.1 Å². The van der Waals surface area contributed by atoms with Crippen molar-refractivity contribution in [3.63, 3.8) is 0 Å². The zero-order valence-electron chi connectivity index (χ0n) is 12.3. The van der Waals surface area contributed by atoms with Crippen LogP contribution < -0.4 is 0 Å². The Morgan fingerprint density at radius 2 is 1.79 bits per heavy atom. The Bertz CT molecular complexity index is 465. The van der Waals surface area contributed by atoms with Gasteiger partial charge in [-0.1, -0.05) is 52.2 Å². The number of phenolic OH excluding ortho intramolecular Hbond substituents is 1. The first-order valence-electron chi connectivity index (χ1n) is 7.32. The minimum atomic E-state index is -0.137. The third-order valence-corrected chi connectivity index (χ3v) is 4.19. The van der Waals surface area contributed by atoms with Crippen LogP contribution in [-0.2, 0) is 5.41 Å². The Balaban J connectivity index is 2.49. The predicted molar refractivity (Wildman–Crippen MR) is 80.5 cm³/mol. The number of nitrogens with one attached hydrogen (secondary N) is 1. The highest BCUT2D eigenvalue weighted by Gasteiger charge is 2.26. The number of benzene rings is 1. The lowest BCUT2D eigenvalue weighted by molar-refractivity contribution is 0.403. The molecule has 2 heteroatoms. The van der Waals surface area contributed by atoms with Gasteiger partial charge in [0.15, 0.2) is 0 Å². The molecule has 2 N–H and O–H groups in total. The molecule has 0 bridgehead atoms. The Labute approximate surface area is 116 Å². The second kappa shape index (κ2) is 5.36. The van der Waals surface area contributed by atoms with Crippen LogP contribution in [0.1, 0.15) is 75.5 Å². The van der Waals surface area contributed by atoms with Gasteiger partial charge in [0.1, 0.15) is 5.75 Å². The van der Waals surface area contributed by atoms with E-state index in [-0.39, 0.29) is 5.41 Å². The van der Waals surface area contributed by atoms with Crippen molar-refractivity contribution in [3.8, 4) is 5.75 Å². The first kappa shape index (κ1) is 14.1. The third kappa shape index (κ3) is 2.83. The van der Waals surface area contributed by atoms with Gasteiger partial charge in [0.05, 0.1) is 0 Å². The molecule has 1 aromatic carbocycles. The Morgan fingerprint density at radius 3 is 2.32 bits per heavy atom. The minimum absolute atomic E-state index is 0.137. The Kier molecular flexibility index (Phi) is 3.98. The molecule has 1 aliphatic rings. The first-order chi connectivity index (χ1) is 8.95. The normalized spacial score (nSPS) is 17.4. The summed E-state index contributed by atoms with van der Waals surface area (Å²) in [5.74, 6) is 0.926. The van der Waals surface area contributed by atoms with E-state index in [9.17, 15) is 5.11 Å². The molecule has 1 fully saturated rings. The van der Waals surface area contributed by atoms with Crippen LogP contribution in [-0.4, -0.2) is 11.3 Å². The smallest absolute Gasteiger partial charge is 0.123 e. The fourth-order valence-electron chi connectivity index (χ4n) is 3.27. The Hall–Kier alpha value is -1.31. The second-order valence-electron chi connectivity index (χ2n) is 6.70. The zero-order valence-corrected chi connectivity index (χ0v) is 12.3. The fraction of sp³-hybridized carbons (Fsp3) is 0.588. The maximum Gasteiger partial charge on any atom is 0.123 e. The van der Waals surface area contributed by atoms with Gasteiger partial charge < -0.3 is 10.5 Å². The van der Waals surface area contributed by atoms with E-state index >= 15 is 0 Å². The molecule has 0 amide bonds. The summed E-state index contributed by atoms with van der Waals surface area (Å²) in [7, 11) is 0. The van der Waals surface area contributed by atoms with Crippen LogP contribution in [0.3, 0.4) is 0 Å². The van der Waals surface area contributed by atoms with Crippen molar-refractivity contribution >= 4 is 6.21 Å². The molecule has 2 rings (SSSR count). The molecule has 0 radical (unpaired) electrons. The predicted octanol–water partition coefficient (Wildman–Crippen LogP) is 4.74. The maximum absolute atomic E-state index is 10.7. The molecule has 0 atom stereocenters. The van der Waals surface area contributed by atoms with Gasteiger partial charge in [-0.05, 0) is 35.3 Å². The van der Waals surface area contributed by atoms with E-state index < -0.39 is 0 Å². The summed E-state index contributed by atoms with van der Waals surface area (Å²) >= 11 is 0. The van der Waals surface area contributed by atoms with Gasteiger partial charge in [0, 0.05) is 11.8 Å². The molecule has 19 heavy (non-hydrogen) atoms. The molecule has 0 aromatic heterocycles. The molecule has 0 heterocycles. The SMILES string of the molecule is CC(C)(C)c1c(C=N)ccc(C2CCCCC2)c1O. The quantitative estimate of drug-likeness (QED) is 0.740. The molecule has 2 nitrogen and oxygen atoms in total. The van der Waals surface area contributed by atoms with Crippen LogP contribution in [0, 0.1) is 5.41 Å². The molecule has 104 valence electrons. The van der Waals surface area contributed by atoms with Crippen molar-refractivity contribution in [1.82, 2.24) is 0 Å². The lowest BCUT2D eigenvalue weighted by Crippen LogP contribution is -2.16. The van der Waals surface area contributed by atoms with Crippen molar-refractivity contribution in [1.29, 1.82) is 5.41 Å². The topological polar surface area (TPSA) is 44.1 Å². The van der Waals surface area contributed by atoms with Gasteiger partial charge in [-0.3, -0.25) is 0 Å². The third-order valence-electron chi connectivity index (χ3n) is 4.19. The molecular weight excluding hydrogens is 234 g/mol. The average molecular weight is 259 g/mol. The standard InChI is InChI=1S/C17H25NO/c1-17(2,3)15-13(11-18)9-10-14(16(15)19)12-7-5-4-6-8-12/h9-12,18-19H,4-8H2,1-3H3. The number of hydrogen-bond donors (Lipinski definition) is 2. The molecule has 0 unspecified atom stereocenters. The molecule has 1 aliphatic carbocycles. The van der Waals surface area contributed by atoms with Gasteiger partial charge in [-0.2, -0.15) is 0 Å². The van der Waals surface area contributed by atoms with E-state index in [0.29, 0.717) is 11.7 Å². The van der Waals surface area contributed by atoms with E-state index in [1.54, 1.807) is 0 Å². The summed E-state index contributed by atoms with van der Waals surface area (Å²) in [5, 5.41) is 18.2. The first-order valence-corrected chi connectivity index (χ1v) is 7.32. The van der Waals surface area contributed by atoms with Gasteiger partial charge in [-0.15, -0.1) is 0 Å². The van der Waals surface area contributed by atoms with E-state index in [1.165, 1.54) is 38.3 Å². The molecule has 1 saturated carbocycles. The lowest BCUT2D eigenvalue weighted by Gasteiger charge is -2.28. The largest absolute Gasteiger partial charge is 0.507 e. The highest BCUT2D eigenvalue weighted by atomic mass is 16.3. The van der Waals surface area contributed by atoms with Crippen molar-refractivity contribution < 1.29 is 5.11 Å². The summed E-state index contributed by atoms with van der Waals surface area (Å²) in [6.07, 6.45) is 7.57. The van der Waals surface area contributed by atoms with Crippen LogP contribution in [0.5, 0.6) is 5.75 Å². The van der Waals surface area contributed by atoms with Crippen LogP contribution >= 0.6 is 0 Å². The summed E-state index contributed by atoms with van der Waals surface area (Å²) < 4.78 is 0. The van der Waals surface area contributed by atoms with Gasteiger partial charge >= 0.3 is 0 Å². The molecule has 1 aromatic rings. The van der Waals surface area contributed by atoms with Crippen LogP contribution in [0.2, 0.25) is 0 Å². The molecule has 0 spiro atoms. The Morgan fingerprint density at radius 1 is 1.16 bits per heavy atom. The number of rotatable bonds is 2. The van der Waals surface area contributed by atoms with Crippen molar-refractivity contribution in [2.75, 3.05) is 0 Å². The minimum Gasteiger partial charge on any atom is -0.507 e. The summed E-state index contributed by atoms with van der Waals surface area (Å²) in [6, 6.07) is 4.03. The van der Waals surface area contributed by atoms with Gasteiger partial charge in [0.25, 0.3) is 0 Å². The number of aromatic hydroxyl groups is 1. The van der Waals surface area contributed by atoms with E-state index in [4.69, 9.17) is 5.41 Å². The number of hydrogen-bond acceptors (Lipinski definition) is 2. The van der Waals surface area contributed by atoms with E-state index in [0.717, 1.165) is 16.7 Å². The second-order valence-corrected chi connectivity index (χ2v) is 6.70. The summed E-state index contributed by atoms with van der Waals surface area (Å²) in [4.78, 5) is 0. The monoisotopic (exact) mass is 259 g/mol. The number of phenols is 1. The van der Waals surface area contributed by atoms with Crippen LogP contribution in [0.15, 0.2) is 12.1 Å². The van der Waals surface area contributed by atoms with Gasteiger partial charge in [-0.25, -0.2) is 0 Å². The average Bonchev–Trinajstić information content (AvgIpc) is 2.37. The van der Waals surface area contributed by atoms with Crippen LogP contribution in [0.4, 0.5) is 0 Å². The van der Waals surface area contributed by atoms with Gasteiger partial charge in [0.2, 0.25) is 0 Å². The molecule has 0 aliphatic heterocycles. The van der Waals surface area contributed by atoms with Crippen molar-refractivity contribution in [3.05, 3.63) is 28.8 Å². The highest BCUT2D eigenvalue weighted by molar-refractivity contribution is 5.82. The lowest BCUT2D eigenvalue weighted by atomic mass is 9.77. The summed E-state index contributed by atoms with van der Waals surface area (Å²) in [6.45, 7) is 6.29. The van der Waals surface area contributed by atoms with Crippen LogP contribution in [0.25, 0.3) is 0 Å². The van der Waals surface area contributed by atoms with E-state index in [2.05, 4.69) is 20.8 Å². The highest BCUT2D eigenvalue weighted by Crippen LogP contribution is 2.42. The summed E-state index contributed by atoms with van der Waals surface area (Å²) in [5.41, 5.74) is 2.71. The molecule has 0 saturated heterocycles. The zero-order chi connectivity index (χ0) is 14.0. The molecular formula is C17H25NO. The maximum atomic E-state index is 10.7.